The number of nitrogens with zero attached hydrogens (tertiary/aromatic N) is 2. The summed E-state index contributed by atoms with van der Waals surface area (Å²) in [6, 6.07) is 57.8. The lowest BCUT2D eigenvalue weighted by Gasteiger charge is -2.33. The molecular formula is C102H76F18N2. The van der Waals surface area contributed by atoms with Gasteiger partial charge in [0.15, 0.2) is 0 Å². The van der Waals surface area contributed by atoms with Crippen molar-refractivity contribution in [2.75, 3.05) is 9.80 Å². The maximum atomic E-state index is 16.4. The first-order valence-electron chi connectivity index (χ1n) is 39.0. The number of aryl methyl sites for hydroxylation is 11. The molecular weight excluding hydrogens is 1600 g/mol. The number of hydrogen-bond donors (Lipinski definition) is 0. The summed E-state index contributed by atoms with van der Waals surface area (Å²) in [5, 5.41) is 0.744. The standard InChI is InChI=1S/C102H76F18N2/c1-53-47-86(56(4)39-75(53)92-62(10)45-81(97(103,104)105)69-29-19-21-31-71(69)92)121(87-48-54(2)76(40-57(87)5)93-63(11)46-82(98(106,107)108)70-30-20-22-32-72(70)93)88-49-55(3)77(41-58(88)6)95-64(12)94(96(102(118,119)120)74-34-24-23-33-73(74)95)68-37-35-67(36-38-68)80-44-61(9)91(52-85(80)101(115,116)117)122(89-50-83(99(109,110)111)78(42-59(89)7)65-25-15-13-16-26-65)90-51-84(100(112,113)114)79(43-60(90)8)66-27-17-14-18-28-66/h13-52H,1-12H3. The predicted octanol–water partition coefficient (Wildman–Crippen LogP) is 33.6. The van der Waals surface area contributed by atoms with E-state index in [1.165, 1.54) is 137 Å². The van der Waals surface area contributed by atoms with Crippen LogP contribution in [0.2, 0.25) is 0 Å². The highest BCUT2D eigenvalue weighted by atomic mass is 19.4. The van der Waals surface area contributed by atoms with Gasteiger partial charge in [-0.25, -0.2) is 0 Å². The van der Waals surface area contributed by atoms with E-state index < -0.39 is 93.1 Å². The third-order valence-corrected chi connectivity index (χ3v) is 23.3. The van der Waals surface area contributed by atoms with Gasteiger partial charge in [0, 0.05) is 34.1 Å². The lowest BCUT2D eigenvalue weighted by molar-refractivity contribution is -0.137. The number of fused-ring (bicyclic) bond motifs is 3. The van der Waals surface area contributed by atoms with Crippen LogP contribution in [0.15, 0.2) is 243 Å². The SMILES string of the molecule is Cc1cc(N(c2cc(C)c(-c3c(C)cc(C(F)(F)F)c4ccccc34)cc2C)c2cc(C)c(-c3c(C)c(-c4ccc(-c5cc(C)c(N(c6cc(C(F)(F)F)c(-c7ccccc7)cc6C)c6cc(C(F)(F)F)c(-c7ccccc7)cc6C)cc5C(F)(F)F)cc4)c(C(F)(F)F)c4ccccc34)cc2C)c(C)cc1-c1c(C)cc(C(F)(F)F)c2ccccc12. The van der Waals surface area contributed by atoms with Crippen LogP contribution < -0.4 is 9.80 Å². The zero-order chi connectivity index (χ0) is 87.8. The van der Waals surface area contributed by atoms with Crippen molar-refractivity contribution in [2.24, 2.45) is 0 Å². The molecule has 0 spiro atoms. The maximum absolute atomic E-state index is 16.4. The minimum atomic E-state index is -5.31. The quantitative estimate of drug-likeness (QED) is 0.106. The summed E-state index contributed by atoms with van der Waals surface area (Å²) in [6.07, 6.45) is -30.0. The van der Waals surface area contributed by atoms with Crippen molar-refractivity contribution in [3.8, 4) is 77.9 Å². The van der Waals surface area contributed by atoms with Crippen LogP contribution in [0.25, 0.3) is 110 Å². The molecule has 0 bridgehead atoms. The third-order valence-electron chi connectivity index (χ3n) is 23.3. The Kier molecular flexibility index (Phi) is 21.3. The van der Waals surface area contributed by atoms with Gasteiger partial charge in [0.25, 0.3) is 0 Å². The summed E-state index contributed by atoms with van der Waals surface area (Å²) in [6.45, 7) is 20.0. The molecule has 122 heavy (non-hydrogen) atoms. The molecule has 15 rings (SSSR count). The summed E-state index contributed by atoms with van der Waals surface area (Å²) < 4.78 is 281. The molecule has 0 heterocycles. The van der Waals surface area contributed by atoms with Crippen LogP contribution >= 0.6 is 0 Å². The van der Waals surface area contributed by atoms with Crippen molar-refractivity contribution in [1.82, 2.24) is 0 Å². The molecule has 0 aliphatic carbocycles. The number of alkyl halides is 18. The molecule has 0 aromatic heterocycles. The summed E-state index contributed by atoms with van der Waals surface area (Å²) >= 11 is 0. The number of halogens is 18. The van der Waals surface area contributed by atoms with E-state index in [-0.39, 0.29) is 82.7 Å². The van der Waals surface area contributed by atoms with Crippen molar-refractivity contribution in [2.45, 2.75) is 120 Å². The number of anilines is 6. The van der Waals surface area contributed by atoms with E-state index in [4.69, 9.17) is 0 Å². The van der Waals surface area contributed by atoms with Gasteiger partial charge in [0.1, 0.15) is 0 Å². The van der Waals surface area contributed by atoms with Crippen molar-refractivity contribution in [3.05, 3.63) is 343 Å². The first kappa shape index (κ1) is 84.4. The molecule has 0 aliphatic rings. The second kappa shape index (κ2) is 30.8. The molecule has 15 aromatic rings. The zero-order valence-electron chi connectivity index (χ0n) is 67.8. The second-order valence-electron chi connectivity index (χ2n) is 31.5. The van der Waals surface area contributed by atoms with Gasteiger partial charge in [0.05, 0.1) is 33.4 Å². The highest BCUT2D eigenvalue weighted by Crippen LogP contribution is 2.56. The van der Waals surface area contributed by atoms with Gasteiger partial charge < -0.3 is 9.80 Å². The van der Waals surface area contributed by atoms with Gasteiger partial charge in [0.2, 0.25) is 0 Å². The van der Waals surface area contributed by atoms with E-state index in [2.05, 4.69) is 0 Å². The summed E-state index contributed by atoms with van der Waals surface area (Å²) in [7, 11) is 0. The van der Waals surface area contributed by atoms with Crippen LogP contribution in [-0.2, 0) is 37.1 Å². The van der Waals surface area contributed by atoms with E-state index in [0.29, 0.717) is 124 Å². The molecule has 0 saturated carbocycles. The number of rotatable bonds is 13. The van der Waals surface area contributed by atoms with Crippen molar-refractivity contribution in [3.63, 3.8) is 0 Å². The van der Waals surface area contributed by atoms with Crippen molar-refractivity contribution >= 4 is 66.4 Å². The molecule has 0 fully saturated rings. The summed E-state index contributed by atoms with van der Waals surface area (Å²) in [5.74, 6) is 0. The van der Waals surface area contributed by atoms with E-state index in [9.17, 15) is 26.3 Å². The first-order valence-corrected chi connectivity index (χ1v) is 39.0. The molecule has 0 aliphatic heterocycles. The molecule has 0 atom stereocenters. The highest BCUT2D eigenvalue weighted by Gasteiger charge is 2.43. The Morgan fingerprint density at radius 3 is 0.730 bits per heavy atom. The van der Waals surface area contributed by atoms with Gasteiger partial charge in [-0.05, 0) is 345 Å². The van der Waals surface area contributed by atoms with Crippen LogP contribution in [0.1, 0.15) is 100 Å². The average molecular weight is 1670 g/mol. The highest BCUT2D eigenvalue weighted by molar-refractivity contribution is 6.08. The first-order chi connectivity index (χ1) is 57.3. The smallest absolute Gasteiger partial charge is 0.310 e. The second-order valence-corrected chi connectivity index (χ2v) is 31.5. The lowest BCUT2D eigenvalue weighted by Crippen LogP contribution is -2.19. The molecule has 15 aromatic carbocycles. The topological polar surface area (TPSA) is 6.48 Å². The molecule has 20 heteroatoms. The molecule has 2 nitrogen and oxygen atoms in total. The number of benzene rings is 15. The maximum Gasteiger partial charge on any atom is 0.417 e. The monoisotopic (exact) mass is 1670 g/mol. The van der Waals surface area contributed by atoms with Crippen molar-refractivity contribution in [1.29, 1.82) is 0 Å². The van der Waals surface area contributed by atoms with Crippen LogP contribution in [-0.4, -0.2) is 0 Å². The molecule has 0 saturated heterocycles. The zero-order valence-corrected chi connectivity index (χ0v) is 67.8. The molecule has 0 N–H and O–H groups in total. The average Bonchev–Trinajstić information content (AvgIpc) is 0.728. The molecule has 620 valence electrons. The minimum absolute atomic E-state index is 0.00882. The van der Waals surface area contributed by atoms with Crippen LogP contribution in [0.5, 0.6) is 0 Å². The largest absolute Gasteiger partial charge is 0.417 e. The van der Waals surface area contributed by atoms with E-state index >= 15 is 52.7 Å². The minimum Gasteiger partial charge on any atom is -0.310 e. The summed E-state index contributed by atoms with van der Waals surface area (Å²) in [5.41, 5.74) is 0.660. The van der Waals surface area contributed by atoms with Gasteiger partial charge in [-0.3, -0.25) is 0 Å². The van der Waals surface area contributed by atoms with Gasteiger partial charge in [-0.1, -0.05) is 158 Å². The third kappa shape index (κ3) is 15.3. The fourth-order valence-electron chi connectivity index (χ4n) is 17.8. The normalized spacial score (nSPS) is 12.5. The van der Waals surface area contributed by atoms with E-state index in [1.54, 1.807) is 81.4 Å². The Hall–Kier alpha value is -12.6. The summed E-state index contributed by atoms with van der Waals surface area (Å²) in [4.78, 5) is 3.00. The Balaban J connectivity index is 0.894. The molecule has 0 unspecified atom stereocenters. The molecule has 0 amide bonds. The number of hydrogen-bond acceptors (Lipinski definition) is 2. The fourth-order valence-corrected chi connectivity index (χ4v) is 17.8. The predicted molar refractivity (Wildman–Crippen MR) is 453 cm³/mol. The Bertz CT molecular complexity index is 6450. The van der Waals surface area contributed by atoms with E-state index in [1.807, 2.05) is 75.9 Å². The van der Waals surface area contributed by atoms with Crippen LogP contribution in [0, 0.1) is 83.1 Å². The fraction of sp³-hybridized carbons (Fsp3) is 0.176. The molecule has 0 radical (unpaired) electrons. The van der Waals surface area contributed by atoms with Gasteiger partial charge in [-0.15, -0.1) is 0 Å². The van der Waals surface area contributed by atoms with Crippen LogP contribution in [0.3, 0.4) is 0 Å². The Morgan fingerprint density at radius 1 is 0.180 bits per heavy atom. The van der Waals surface area contributed by atoms with Gasteiger partial charge in [-0.2, -0.15) is 79.0 Å². The van der Waals surface area contributed by atoms with Crippen molar-refractivity contribution < 1.29 is 79.0 Å². The Morgan fingerprint density at radius 2 is 0.426 bits per heavy atom. The lowest BCUT2D eigenvalue weighted by atomic mass is 9.82. The Labute approximate surface area is 692 Å². The van der Waals surface area contributed by atoms with E-state index in [0.717, 1.165) is 23.1 Å². The van der Waals surface area contributed by atoms with Crippen LogP contribution in [0.4, 0.5) is 113 Å². The van der Waals surface area contributed by atoms with Gasteiger partial charge >= 0.3 is 37.1 Å².